The second-order valence-corrected chi connectivity index (χ2v) is 7.19. The van der Waals surface area contributed by atoms with Gasteiger partial charge in [-0.1, -0.05) is 0 Å². The monoisotopic (exact) mass is 307 g/mol. The smallest absolute Gasteiger partial charge is 0.348 e. The number of rotatable bonds is 2. The van der Waals surface area contributed by atoms with Crippen molar-refractivity contribution in [1.29, 1.82) is 0 Å². The Kier molecular flexibility index (Phi) is 4.11. The van der Waals surface area contributed by atoms with Gasteiger partial charge in [-0.25, -0.2) is 9.59 Å². The summed E-state index contributed by atoms with van der Waals surface area (Å²) in [6, 6.07) is 0.353. The van der Waals surface area contributed by atoms with Crippen LogP contribution < -0.4 is 0 Å². The van der Waals surface area contributed by atoms with Gasteiger partial charge in [0.1, 0.15) is 5.57 Å². The van der Waals surface area contributed by atoms with Crippen LogP contribution in [-0.4, -0.2) is 34.2 Å². The Morgan fingerprint density at radius 3 is 2.09 bits per heavy atom. The molecule has 2 rings (SSSR count). The van der Waals surface area contributed by atoms with E-state index in [0.717, 1.165) is 18.5 Å². The fourth-order valence-electron chi connectivity index (χ4n) is 3.23. The van der Waals surface area contributed by atoms with E-state index in [0.29, 0.717) is 6.04 Å². The third-order valence-electron chi connectivity index (χ3n) is 4.03. The maximum atomic E-state index is 11.9. The molecule has 2 aliphatic heterocycles. The summed E-state index contributed by atoms with van der Waals surface area (Å²) >= 11 is 0. The largest absolute Gasteiger partial charge is 0.419 e. The summed E-state index contributed by atoms with van der Waals surface area (Å²) in [7, 11) is 0. The van der Waals surface area contributed by atoms with Gasteiger partial charge in [0.15, 0.2) is 0 Å². The van der Waals surface area contributed by atoms with Crippen LogP contribution in [0, 0.1) is 0 Å². The van der Waals surface area contributed by atoms with Crippen molar-refractivity contribution in [3.05, 3.63) is 23.4 Å². The third kappa shape index (κ3) is 3.18. The van der Waals surface area contributed by atoms with Gasteiger partial charge in [0, 0.05) is 31.1 Å². The van der Waals surface area contributed by atoms with Crippen LogP contribution in [-0.2, 0) is 19.1 Å². The lowest BCUT2D eigenvalue weighted by molar-refractivity contribution is -0.222. The molecule has 0 aromatic carbocycles. The average molecular weight is 307 g/mol. The van der Waals surface area contributed by atoms with Crippen molar-refractivity contribution >= 4 is 11.9 Å². The highest BCUT2D eigenvalue weighted by atomic mass is 16.7. The van der Waals surface area contributed by atoms with Gasteiger partial charge in [-0.2, -0.15) is 0 Å². The number of carbonyl (C=O) groups excluding carboxylic acids is 2. The molecule has 0 atom stereocenters. The fourth-order valence-corrected chi connectivity index (χ4v) is 3.23. The van der Waals surface area contributed by atoms with Crippen LogP contribution in [0.3, 0.4) is 0 Å². The minimum atomic E-state index is -1.20. The van der Waals surface area contributed by atoms with Crippen molar-refractivity contribution in [2.75, 3.05) is 0 Å². The number of esters is 2. The molecule has 0 aliphatic carbocycles. The zero-order chi connectivity index (χ0) is 16.7. The lowest BCUT2D eigenvalue weighted by Crippen LogP contribution is -2.42. The van der Waals surface area contributed by atoms with Crippen LogP contribution in [0.1, 0.15) is 54.4 Å². The zero-order valence-electron chi connectivity index (χ0n) is 14.2. The molecule has 0 saturated carbocycles. The van der Waals surface area contributed by atoms with Gasteiger partial charge >= 0.3 is 11.9 Å². The highest BCUT2D eigenvalue weighted by Crippen LogP contribution is 2.37. The number of nitrogens with zero attached hydrogens (tertiary/aromatic N) is 1. The van der Waals surface area contributed by atoms with Crippen LogP contribution >= 0.6 is 0 Å². The molecule has 0 aromatic rings. The van der Waals surface area contributed by atoms with Crippen molar-refractivity contribution in [3.8, 4) is 0 Å². The van der Waals surface area contributed by atoms with Crippen LogP contribution in [0.15, 0.2) is 23.4 Å². The number of allylic oxidation sites excluding steroid dienone is 3. The molecule has 2 aliphatic rings. The van der Waals surface area contributed by atoms with Crippen molar-refractivity contribution in [3.63, 3.8) is 0 Å². The van der Waals surface area contributed by atoms with Crippen LogP contribution in [0.25, 0.3) is 0 Å². The Balaban J connectivity index is 2.27. The first kappa shape index (κ1) is 16.6. The topological polar surface area (TPSA) is 55.8 Å². The zero-order valence-corrected chi connectivity index (χ0v) is 14.2. The van der Waals surface area contributed by atoms with Gasteiger partial charge in [0.25, 0.3) is 5.79 Å². The Morgan fingerprint density at radius 2 is 1.59 bits per heavy atom. The summed E-state index contributed by atoms with van der Waals surface area (Å²) in [6.07, 6.45) is 5.32. The van der Waals surface area contributed by atoms with Crippen LogP contribution in [0.2, 0.25) is 0 Å². The molecule has 0 spiro atoms. The highest BCUT2D eigenvalue weighted by Gasteiger charge is 2.39. The molecule has 0 aromatic heterocycles. The van der Waals surface area contributed by atoms with E-state index in [1.165, 1.54) is 19.9 Å². The van der Waals surface area contributed by atoms with E-state index in [4.69, 9.17) is 9.47 Å². The minimum Gasteiger partial charge on any atom is -0.419 e. The number of ether oxygens (including phenoxy) is 2. The van der Waals surface area contributed by atoms with E-state index < -0.39 is 17.7 Å². The number of carbonyl (C=O) groups is 2. The molecule has 0 amide bonds. The van der Waals surface area contributed by atoms with E-state index in [1.807, 2.05) is 6.08 Å². The second-order valence-electron chi connectivity index (χ2n) is 7.19. The first-order chi connectivity index (χ1) is 10.0. The van der Waals surface area contributed by atoms with Crippen molar-refractivity contribution < 1.29 is 19.1 Å². The van der Waals surface area contributed by atoms with Gasteiger partial charge in [0.2, 0.25) is 0 Å². The van der Waals surface area contributed by atoms with Crippen LogP contribution in [0.5, 0.6) is 0 Å². The highest BCUT2D eigenvalue weighted by molar-refractivity contribution is 6.15. The third-order valence-corrected chi connectivity index (χ3v) is 4.03. The number of cyclic esters (lactones) is 2. The molecule has 2 saturated heterocycles. The van der Waals surface area contributed by atoms with Gasteiger partial charge in [-0.05, 0) is 52.7 Å². The second kappa shape index (κ2) is 5.45. The summed E-state index contributed by atoms with van der Waals surface area (Å²) in [6.45, 7) is 11.8. The molecular weight excluding hydrogens is 282 g/mol. The SMILES string of the molecule is CC(C)N1/C(=C/C=C2C(=O)OC(C)(C)OC2=O)CCC1(C)C. The van der Waals surface area contributed by atoms with Gasteiger partial charge < -0.3 is 14.4 Å². The summed E-state index contributed by atoms with van der Waals surface area (Å²) in [5.41, 5.74) is 1.15. The van der Waals surface area contributed by atoms with E-state index in [-0.39, 0.29) is 11.1 Å². The molecule has 5 nitrogen and oxygen atoms in total. The molecule has 0 unspecified atom stereocenters. The standard InChI is InChI=1S/C17H25NO4/c1-11(2)18-12(9-10-16(18,3)4)7-8-13-14(19)21-17(5,6)22-15(13)20/h7-8,11H,9-10H2,1-6H3/b12-7+. The maximum Gasteiger partial charge on any atom is 0.348 e. The Hall–Kier alpha value is -1.78. The number of likely N-dealkylation sites (tertiary alicyclic amines) is 1. The van der Waals surface area contributed by atoms with Crippen molar-refractivity contribution in [1.82, 2.24) is 4.90 Å². The minimum absolute atomic E-state index is 0.0553. The van der Waals surface area contributed by atoms with Crippen molar-refractivity contribution in [2.45, 2.75) is 71.8 Å². The normalized spacial score (nSPS) is 25.5. The summed E-state index contributed by atoms with van der Waals surface area (Å²) < 4.78 is 10.2. The molecule has 2 heterocycles. The van der Waals surface area contributed by atoms with E-state index >= 15 is 0 Å². The van der Waals surface area contributed by atoms with Gasteiger partial charge in [0.05, 0.1) is 0 Å². The first-order valence-electron chi connectivity index (χ1n) is 7.70. The molecule has 122 valence electrons. The molecule has 0 N–H and O–H groups in total. The fraction of sp³-hybridized carbons (Fsp3) is 0.647. The molecule has 22 heavy (non-hydrogen) atoms. The molecular formula is C17H25NO4. The predicted octanol–water partition coefficient (Wildman–Crippen LogP) is 2.92. The Bertz CT molecular complexity index is 533. The lowest BCUT2D eigenvalue weighted by Gasteiger charge is -2.38. The number of hydrogen-bond acceptors (Lipinski definition) is 5. The van der Waals surface area contributed by atoms with E-state index in [1.54, 1.807) is 0 Å². The quantitative estimate of drug-likeness (QED) is 0.446. The molecule has 0 radical (unpaired) electrons. The Morgan fingerprint density at radius 1 is 1.05 bits per heavy atom. The van der Waals surface area contributed by atoms with Crippen molar-refractivity contribution in [2.24, 2.45) is 0 Å². The van der Waals surface area contributed by atoms with E-state index in [2.05, 4.69) is 32.6 Å². The number of hydrogen-bond donors (Lipinski definition) is 0. The van der Waals surface area contributed by atoms with Crippen LogP contribution in [0.4, 0.5) is 0 Å². The summed E-state index contributed by atoms with van der Waals surface area (Å²) in [5.74, 6) is -2.46. The Labute approximate surface area is 131 Å². The first-order valence-corrected chi connectivity index (χ1v) is 7.70. The molecule has 5 heteroatoms. The predicted molar refractivity (Wildman–Crippen MR) is 82.7 cm³/mol. The molecule has 0 bridgehead atoms. The maximum absolute atomic E-state index is 11.9. The molecule has 2 fully saturated rings. The van der Waals surface area contributed by atoms with Gasteiger partial charge in [-0.15, -0.1) is 0 Å². The van der Waals surface area contributed by atoms with Gasteiger partial charge in [-0.3, -0.25) is 0 Å². The lowest BCUT2D eigenvalue weighted by atomic mass is 10.0. The summed E-state index contributed by atoms with van der Waals surface area (Å²) in [5, 5.41) is 0. The van der Waals surface area contributed by atoms with E-state index in [9.17, 15) is 9.59 Å². The summed E-state index contributed by atoms with van der Waals surface area (Å²) in [4.78, 5) is 26.2. The average Bonchev–Trinajstić information content (AvgIpc) is 2.61.